The first-order chi connectivity index (χ1) is 19.7. The number of rotatable bonds is 4. The molecule has 1 fully saturated rings. The number of ether oxygens (including phenoxy) is 2. The van der Waals surface area contributed by atoms with E-state index in [1.54, 1.807) is 30.2 Å². The fourth-order valence-corrected chi connectivity index (χ4v) is 4.83. The van der Waals surface area contributed by atoms with E-state index in [0.29, 0.717) is 31.3 Å². The van der Waals surface area contributed by atoms with Crippen LogP contribution in [0.2, 0.25) is 0 Å². The predicted octanol–water partition coefficient (Wildman–Crippen LogP) is 5.93. The van der Waals surface area contributed by atoms with Crippen molar-refractivity contribution < 1.29 is 37.0 Å². The second-order valence-electron chi connectivity index (χ2n) is 10.9. The Morgan fingerprint density at radius 2 is 1.83 bits per heavy atom. The maximum Gasteiger partial charge on any atom is 0.416 e. The summed E-state index contributed by atoms with van der Waals surface area (Å²) in [6.45, 7) is 5.83. The van der Waals surface area contributed by atoms with Gasteiger partial charge in [-0.25, -0.2) is 14.6 Å². The van der Waals surface area contributed by atoms with Crippen molar-refractivity contribution in [3.8, 4) is 6.07 Å². The predicted molar refractivity (Wildman–Crippen MR) is 146 cm³/mol. The smallest absolute Gasteiger partial charge is 0.416 e. The molecule has 1 unspecified atom stereocenters. The number of amides is 2. The molecule has 222 valence electrons. The lowest BCUT2D eigenvalue weighted by atomic mass is 10.1. The highest BCUT2D eigenvalue weighted by molar-refractivity contribution is 6.05. The summed E-state index contributed by atoms with van der Waals surface area (Å²) in [5.74, 6) is -1.62. The molecule has 2 amide bonds. The Morgan fingerprint density at radius 3 is 2.48 bits per heavy atom. The minimum Gasteiger partial charge on any atom is -0.465 e. The van der Waals surface area contributed by atoms with E-state index in [-0.39, 0.29) is 34.7 Å². The number of nitriles is 1. The fourth-order valence-electron chi connectivity index (χ4n) is 4.83. The molecule has 1 atom stereocenters. The number of alkyl halides is 3. The van der Waals surface area contributed by atoms with Gasteiger partial charge in [0.05, 0.1) is 40.9 Å². The average Bonchev–Trinajstić information content (AvgIpc) is 3.10. The van der Waals surface area contributed by atoms with Crippen LogP contribution in [0.5, 0.6) is 0 Å². The third kappa shape index (κ3) is 6.64. The summed E-state index contributed by atoms with van der Waals surface area (Å²) in [6.07, 6.45) is -3.29. The highest BCUT2D eigenvalue weighted by Gasteiger charge is 2.33. The molecule has 3 aromatic rings. The Bertz CT molecular complexity index is 1570. The highest BCUT2D eigenvalue weighted by atomic mass is 19.4. The van der Waals surface area contributed by atoms with Crippen molar-refractivity contribution in [2.24, 2.45) is 0 Å². The zero-order valence-electron chi connectivity index (χ0n) is 23.5. The lowest BCUT2D eigenvalue weighted by Crippen LogP contribution is -2.39. The Labute approximate surface area is 240 Å². The number of halogens is 3. The molecule has 0 aliphatic carbocycles. The van der Waals surface area contributed by atoms with Crippen molar-refractivity contribution in [1.82, 2.24) is 14.5 Å². The van der Waals surface area contributed by atoms with E-state index in [0.717, 1.165) is 18.2 Å². The van der Waals surface area contributed by atoms with Gasteiger partial charge in [0, 0.05) is 18.7 Å². The van der Waals surface area contributed by atoms with Crippen LogP contribution in [-0.4, -0.2) is 58.2 Å². The van der Waals surface area contributed by atoms with E-state index in [4.69, 9.17) is 9.47 Å². The lowest BCUT2D eigenvalue weighted by Gasteiger charge is -2.29. The topological polar surface area (TPSA) is 127 Å². The number of benzene rings is 2. The number of nitrogens with one attached hydrogen (secondary N) is 1. The molecule has 0 saturated carbocycles. The van der Waals surface area contributed by atoms with E-state index < -0.39 is 41.4 Å². The molecule has 2 heterocycles. The van der Waals surface area contributed by atoms with Crippen LogP contribution >= 0.6 is 0 Å². The Morgan fingerprint density at radius 1 is 1.10 bits per heavy atom. The first-order valence-electron chi connectivity index (χ1n) is 13.2. The molecule has 10 nitrogen and oxygen atoms in total. The van der Waals surface area contributed by atoms with Gasteiger partial charge < -0.3 is 18.9 Å². The zero-order chi connectivity index (χ0) is 30.8. The van der Waals surface area contributed by atoms with Gasteiger partial charge in [0.1, 0.15) is 11.7 Å². The number of fused-ring (bicyclic) bond motifs is 1. The number of imidazole rings is 1. The maximum absolute atomic E-state index is 13.3. The fraction of sp³-hybridized carbons (Fsp3) is 0.414. The number of methoxy groups -OCH3 is 1. The molecule has 0 bridgehead atoms. The average molecular weight is 586 g/mol. The van der Waals surface area contributed by atoms with E-state index in [1.807, 2.05) is 0 Å². The number of carbonyl (C=O) groups excluding carboxylic acids is 3. The monoisotopic (exact) mass is 585 g/mol. The minimum atomic E-state index is -4.65. The van der Waals surface area contributed by atoms with Crippen LogP contribution in [-0.2, 0) is 15.7 Å². The largest absolute Gasteiger partial charge is 0.465 e. The second kappa shape index (κ2) is 11.7. The summed E-state index contributed by atoms with van der Waals surface area (Å²) in [5.41, 5.74) is -1.39. The van der Waals surface area contributed by atoms with Gasteiger partial charge in [0.15, 0.2) is 0 Å². The normalized spacial score (nSPS) is 16.0. The number of carbonyl (C=O) groups is 3. The number of likely N-dealkylation sites (tertiary alicyclic amines) is 1. The van der Waals surface area contributed by atoms with Crippen LogP contribution in [0.25, 0.3) is 11.0 Å². The number of anilines is 1. The third-order valence-corrected chi connectivity index (χ3v) is 6.67. The van der Waals surface area contributed by atoms with Gasteiger partial charge in [0.2, 0.25) is 5.95 Å². The van der Waals surface area contributed by atoms with Crippen molar-refractivity contribution >= 4 is 35.0 Å². The van der Waals surface area contributed by atoms with Crippen molar-refractivity contribution in [2.75, 3.05) is 25.5 Å². The van der Waals surface area contributed by atoms with Gasteiger partial charge in [-0.15, -0.1) is 0 Å². The zero-order valence-corrected chi connectivity index (χ0v) is 23.5. The first-order valence-corrected chi connectivity index (χ1v) is 13.2. The van der Waals surface area contributed by atoms with Crippen molar-refractivity contribution in [3.05, 3.63) is 58.7 Å². The van der Waals surface area contributed by atoms with Crippen LogP contribution in [0.15, 0.2) is 36.4 Å². The molecular weight excluding hydrogens is 555 g/mol. The van der Waals surface area contributed by atoms with E-state index >= 15 is 0 Å². The molecule has 1 aliphatic rings. The van der Waals surface area contributed by atoms with Gasteiger partial charge in [-0.2, -0.15) is 18.4 Å². The molecule has 1 aromatic heterocycles. The molecule has 2 aromatic carbocycles. The Kier molecular flexibility index (Phi) is 8.47. The van der Waals surface area contributed by atoms with Crippen LogP contribution in [0.3, 0.4) is 0 Å². The summed E-state index contributed by atoms with van der Waals surface area (Å²) in [6, 6.07) is 8.26. The lowest BCUT2D eigenvalue weighted by molar-refractivity contribution is -0.137. The molecule has 1 aliphatic heterocycles. The summed E-state index contributed by atoms with van der Waals surface area (Å²) >= 11 is 0. The summed E-state index contributed by atoms with van der Waals surface area (Å²) in [5, 5.41) is 12.6. The summed E-state index contributed by atoms with van der Waals surface area (Å²) in [4.78, 5) is 44.5. The van der Waals surface area contributed by atoms with Crippen LogP contribution in [0, 0.1) is 11.3 Å². The van der Waals surface area contributed by atoms with Crippen molar-refractivity contribution in [1.29, 1.82) is 5.26 Å². The molecule has 42 heavy (non-hydrogen) atoms. The van der Waals surface area contributed by atoms with E-state index in [9.17, 15) is 32.8 Å². The number of esters is 1. The first kappa shape index (κ1) is 30.4. The molecule has 0 radical (unpaired) electrons. The molecule has 1 N–H and O–H groups in total. The van der Waals surface area contributed by atoms with E-state index in [2.05, 4.69) is 16.4 Å². The number of hydrogen-bond acceptors (Lipinski definition) is 7. The SMILES string of the molecule is COC(=O)c1cc(C#N)c2c(c1)nc(NC(=O)c1cccc(C(F)(F)F)c1)n2C1CCCCN(C(=O)OC(C)(C)C)C1. The quantitative estimate of drug-likeness (QED) is 0.376. The Hall–Kier alpha value is -4.60. The second-order valence-corrected chi connectivity index (χ2v) is 10.9. The molecular formula is C29H30F3N5O5. The van der Waals surface area contributed by atoms with Gasteiger partial charge in [-0.05, 0) is 70.4 Å². The summed E-state index contributed by atoms with van der Waals surface area (Å²) in [7, 11) is 1.19. The standard InChI is InChI=1S/C29H30F3N5O5/c1-28(2,3)42-27(40)36-11-6-5-10-21(16-36)37-23-19(15-33)12-18(25(39)41-4)14-22(23)34-26(37)35-24(38)17-8-7-9-20(13-17)29(30,31)32/h7-9,12-14,21H,5-6,10-11,16H2,1-4H3,(H,34,35,38). The molecule has 13 heteroatoms. The van der Waals surface area contributed by atoms with Gasteiger partial charge in [-0.3, -0.25) is 10.1 Å². The van der Waals surface area contributed by atoms with Gasteiger partial charge in [-0.1, -0.05) is 6.07 Å². The van der Waals surface area contributed by atoms with Crippen LogP contribution in [0.1, 0.15) is 77.9 Å². The van der Waals surface area contributed by atoms with Crippen LogP contribution < -0.4 is 5.32 Å². The Balaban J connectivity index is 1.83. The number of hydrogen-bond donors (Lipinski definition) is 1. The highest BCUT2D eigenvalue weighted by Crippen LogP contribution is 2.34. The number of nitrogens with zero attached hydrogens (tertiary/aromatic N) is 4. The van der Waals surface area contributed by atoms with Crippen molar-refractivity contribution in [2.45, 2.75) is 57.9 Å². The van der Waals surface area contributed by atoms with Crippen molar-refractivity contribution in [3.63, 3.8) is 0 Å². The van der Waals surface area contributed by atoms with E-state index in [1.165, 1.54) is 25.3 Å². The minimum absolute atomic E-state index is 0.0537. The molecule has 4 rings (SSSR count). The maximum atomic E-state index is 13.3. The molecule has 0 spiro atoms. The number of aromatic nitrogens is 2. The molecule has 1 saturated heterocycles. The van der Waals surface area contributed by atoms with Gasteiger partial charge >= 0.3 is 18.2 Å². The van der Waals surface area contributed by atoms with Crippen LogP contribution in [0.4, 0.5) is 23.9 Å². The summed E-state index contributed by atoms with van der Waals surface area (Å²) < 4.78 is 51.9. The third-order valence-electron chi connectivity index (χ3n) is 6.67. The van der Waals surface area contributed by atoms with Gasteiger partial charge in [0.25, 0.3) is 5.91 Å².